The van der Waals surface area contributed by atoms with Gasteiger partial charge >= 0.3 is 0 Å². The molecular formula is C37H38N4O4. The predicted octanol–water partition coefficient (Wildman–Crippen LogP) is 7.78. The van der Waals surface area contributed by atoms with E-state index < -0.39 is 0 Å². The molecule has 0 fully saturated rings. The molecule has 0 aliphatic heterocycles. The van der Waals surface area contributed by atoms with Gasteiger partial charge in [0.1, 0.15) is 23.1 Å². The van der Waals surface area contributed by atoms with Crippen molar-refractivity contribution in [3.05, 3.63) is 108 Å². The summed E-state index contributed by atoms with van der Waals surface area (Å²) in [7, 11) is 1.64. The molecule has 6 aromatic rings. The van der Waals surface area contributed by atoms with Crippen molar-refractivity contribution < 1.29 is 18.7 Å². The molecule has 8 nitrogen and oxygen atoms in total. The Morgan fingerprint density at radius 1 is 0.933 bits per heavy atom. The van der Waals surface area contributed by atoms with Gasteiger partial charge in [0.2, 0.25) is 5.91 Å². The number of benzene rings is 3. The summed E-state index contributed by atoms with van der Waals surface area (Å²) in [6.45, 7) is 1.99. The van der Waals surface area contributed by atoms with E-state index in [2.05, 4.69) is 45.6 Å². The lowest BCUT2D eigenvalue weighted by Gasteiger charge is -2.17. The number of hydrogen-bond donors (Lipinski definition) is 3. The molecule has 230 valence electrons. The van der Waals surface area contributed by atoms with Crippen molar-refractivity contribution in [2.24, 2.45) is 0 Å². The van der Waals surface area contributed by atoms with Gasteiger partial charge in [0, 0.05) is 28.6 Å². The molecule has 8 heteroatoms. The van der Waals surface area contributed by atoms with Gasteiger partial charge < -0.3 is 24.4 Å². The van der Waals surface area contributed by atoms with E-state index >= 15 is 0 Å². The molecule has 0 saturated carbocycles. The number of nitrogens with one attached hydrogen (secondary N) is 3. The largest absolute Gasteiger partial charge is 0.497 e. The lowest BCUT2D eigenvalue weighted by atomic mass is 10.0. The van der Waals surface area contributed by atoms with Gasteiger partial charge in [0.15, 0.2) is 0 Å². The molecule has 0 radical (unpaired) electrons. The van der Waals surface area contributed by atoms with Crippen LogP contribution >= 0.6 is 0 Å². The molecule has 45 heavy (non-hydrogen) atoms. The van der Waals surface area contributed by atoms with Crippen molar-refractivity contribution >= 4 is 33.4 Å². The SMILES string of the molecule is COc1ccc2[nH]c(C)c(CC(=O)N[C@@H](CCCCCC(=O)Cc3ccco3)c3ncc(-c4ccc5ccccc5c4)[nH]3)c2c1. The number of furan rings is 1. The number of aryl methyl sites for hydroxylation is 1. The molecule has 0 aliphatic rings. The number of amides is 1. The van der Waals surface area contributed by atoms with Crippen LogP contribution < -0.4 is 10.1 Å². The van der Waals surface area contributed by atoms with E-state index in [4.69, 9.17) is 14.1 Å². The molecule has 0 spiro atoms. The normalized spacial score (nSPS) is 12.0. The highest BCUT2D eigenvalue weighted by molar-refractivity contribution is 5.91. The lowest BCUT2D eigenvalue weighted by molar-refractivity contribution is -0.121. The maximum Gasteiger partial charge on any atom is 0.225 e. The smallest absolute Gasteiger partial charge is 0.225 e. The van der Waals surface area contributed by atoms with Crippen LogP contribution in [0.15, 0.2) is 89.7 Å². The Balaban J connectivity index is 1.15. The number of carbonyl (C=O) groups excluding carboxylic acids is 2. The Labute approximate surface area is 262 Å². The van der Waals surface area contributed by atoms with E-state index in [0.717, 1.165) is 69.6 Å². The van der Waals surface area contributed by atoms with Crippen molar-refractivity contribution in [1.82, 2.24) is 20.3 Å². The van der Waals surface area contributed by atoms with Gasteiger partial charge in [-0.2, -0.15) is 0 Å². The molecule has 1 atom stereocenters. The molecule has 0 unspecified atom stereocenters. The van der Waals surface area contributed by atoms with Gasteiger partial charge in [-0.25, -0.2) is 4.98 Å². The molecule has 3 aromatic heterocycles. The number of ketones is 1. The van der Waals surface area contributed by atoms with E-state index in [-0.39, 0.29) is 24.2 Å². The number of hydrogen-bond acceptors (Lipinski definition) is 5. The number of carbonyl (C=O) groups is 2. The Bertz CT molecular complexity index is 1920. The minimum atomic E-state index is -0.300. The summed E-state index contributed by atoms with van der Waals surface area (Å²) < 4.78 is 10.7. The Kier molecular flexibility index (Phi) is 9.10. The summed E-state index contributed by atoms with van der Waals surface area (Å²) in [5, 5.41) is 6.58. The fraction of sp³-hybridized carbons (Fsp3) is 0.270. The standard InChI is InChI=1S/C37H38N4O4/c1-24-31(32-21-29(44-2)16-17-33(32)39-24)22-36(43)40-34(13-5-3-4-11-28(42)20-30-12-8-18-45-30)37-38-23-35(41-37)27-15-14-25-9-6-7-10-26(25)19-27/h6-10,12,14-19,21,23,34,39H,3-5,11,13,20,22H2,1-2H3,(H,38,41)(H,40,43)/t34-/m0/s1. The fourth-order valence-electron chi connectivity index (χ4n) is 5.96. The molecule has 6 rings (SSSR count). The summed E-state index contributed by atoms with van der Waals surface area (Å²) in [5.41, 5.74) is 4.82. The number of rotatable bonds is 14. The average Bonchev–Trinajstić information content (AvgIpc) is 3.81. The van der Waals surface area contributed by atoms with Gasteiger partial charge in [-0.05, 0) is 72.5 Å². The Hall–Kier alpha value is -5.11. The molecule has 3 N–H and O–H groups in total. The molecule has 0 bridgehead atoms. The average molecular weight is 603 g/mol. The van der Waals surface area contributed by atoms with Crippen LogP contribution in [0, 0.1) is 6.92 Å². The van der Waals surface area contributed by atoms with Crippen LogP contribution in [0.4, 0.5) is 0 Å². The zero-order valence-corrected chi connectivity index (χ0v) is 25.7. The van der Waals surface area contributed by atoms with Crippen molar-refractivity contribution in [2.75, 3.05) is 7.11 Å². The van der Waals surface area contributed by atoms with Crippen LogP contribution in [0.25, 0.3) is 32.9 Å². The zero-order chi connectivity index (χ0) is 31.2. The van der Waals surface area contributed by atoms with E-state index in [1.54, 1.807) is 19.4 Å². The monoisotopic (exact) mass is 602 g/mol. The van der Waals surface area contributed by atoms with E-state index in [1.807, 2.05) is 49.5 Å². The number of aromatic nitrogens is 3. The first-order valence-electron chi connectivity index (χ1n) is 15.5. The number of ether oxygens (including phenoxy) is 1. The first-order chi connectivity index (χ1) is 22.0. The maximum atomic E-state index is 13.5. The summed E-state index contributed by atoms with van der Waals surface area (Å²) >= 11 is 0. The number of Topliss-reactive ketones (excluding diaryl/α,β-unsaturated/α-hetero) is 1. The third-order valence-electron chi connectivity index (χ3n) is 8.39. The van der Waals surface area contributed by atoms with Crippen molar-refractivity contribution in [3.63, 3.8) is 0 Å². The van der Waals surface area contributed by atoms with Crippen LogP contribution in [0.5, 0.6) is 5.75 Å². The van der Waals surface area contributed by atoms with Crippen LogP contribution in [-0.4, -0.2) is 33.8 Å². The summed E-state index contributed by atoms with van der Waals surface area (Å²) in [6.07, 6.45) is 7.69. The third kappa shape index (κ3) is 7.17. The highest BCUT2D eigenvalue weighted by Gasteiger charge is 2.21. The number of methoxy groups -OCH3 is 1. The second-order valence-electron chi connectivity index (χ2n) is 11.6. The fourth-order valence-corrected chi connectivity index (χ4v) is 5.96. The molecular weight excluding hydrogens is 564 g/mol. The number of H-pyrrole nitrogens is 2. The van der Waals surface area contributed by atoms with Crippen molar-refractivity contribution in [2.45, 2.75) is 57.9 Å². The summed E-state index contributed by atoms with van der Waals surface area (Å²) in [4.78, 5) is 37.5. The maximum absolute atomic E-state index is 13.5. The van der Waals surface area contributed by atoms with Gasteiger partial charge in [0.05, 0.1) is 44.1 Å². The number of imidazole rings is 1. The quantitative estimate of drug-likeness (QED) is 0.110. The second-order valence-corrected chi connectivity index (χ2v) is 11.6. The molecule has 3 heterocycles. The second kappa shape index (κ2) is 13.7. The number of nitrogens with zero attached hydrogens (tertiary/aromatic N) is 1. The first-order valence-corrected chi connectivity index (χ1v) is 15.5. The van der Waals surface area contributed by atoms with Crippen LogP contribution in [0.1, 0.15) is 61.0 Å². The number of fused-ring (bicyclic) bond motifs is 2. The van der Waals surface area contributed by atoms with Gasteiger partial charge in [0.25, 0.3) is 0 Å². The van der Waals surface area contributed by atoms with Crippen molar-refractivity contribution in [1.29, 1.82) is 0 Å². The molecule has 0 aliphatic carbocycles. The third-order valence-corrected chi connectivity index (χ3v) is 8.39. The van der Waals surface area contributed by atoms with Crippen LogP contribution in [-0.2, 0) is 22.4 Å². The highest BCUT2D eigenvalue weighted by atomic mass is 16.5. The van der Waals surface area contributed by atoms with Crippen LogP contribution in [0.3, 0.4) is 0 Å². The van der Waals surface area contributed by atoms with Crippen LogP contribution in [0.2, 0.25) is 0 Å². The number of unbranched alkanes of at least 4 members (excludes halogenated alkanes) is 2. The van der Waals surface area contributed by atoms with Gasteiger partial charge in [-0.15, -0.1) is 0 Å². The Morgan fingerprint density at radius 2 is 1.80 bits per heavy atom. The molecule has 0 saturated heterocycles. The predicted molar refractivity (Wildman–Crippen MR) is 176 cm³/mol. The minimum Gasteiger partial charge on any atom is -0.497 e. The molecule has 1 amide bonds. The zero-order valence-electron chi connectivity index (χ0n) is 25.7. The van der Waals surface area contributed by atoms with E-state index in [1.165, 1.54) is 5.39 Å². The molecule has 3 aromatic carbocycles. The van der Waals surface area contributed by atoms with Gasteiger partial charge in [-0.3, -0.25) is 9.59 Å². The summed E-state index contributed by atoms with van der Waals surface area (Å²) in [6, 6.07) is 23.8. The lowest BCUT2D eigenvalue weighted by Crippen LogP contribution is -2.30. The van der Waals surface area contributed by atoms with Crippen molar-refractivity contribution in [3.8, 4) is 17.0 Å². The van der Waals surface area contributed by atoms with Gasteiger partial charge in [-0.1, -0.05) is 49.2 Å². The topological polar surface area (TPSA) is 113 Å². The highest BCUT2D eigenvalue weighted by Crippen LogP contribution is 2.28. The Morgan fingerprint density at radius 3 is 2.62 bits per heavy atom. The van der Waals surface area contributed by atoms with E-state index in [0.29, 0.717) is 25.0 Å². The van der Waals surface area contributed by atoms with E-state index in [9.17, 15) is 9.59 Å². The first kappa shape index (κ1) is 29.9. The minimum absolute atomic E-state index is 0.0795. The number of aromatic amines is 2. The summed E-state index contributed by atoms with van der Waals surface area (Å²) in [5.74, 6) is 2.26.